The number of pyridine rings is 1. The van der Waals surface area contributed by atoms with E-state index >= 15 is 0 Å². The molecule has 2 fully saturated rings. The standard InChI is InChI=1S/C14H19NO3S/c16-14(7-11-3-2-6-15-10-11)8-12-4-1-5-13(9-14)19(12,17)18/h2-3,6,10,12-13,16H,1,4-5,7-9H2. The van der Waals surface area contributed by atoms with Gasteiger partial charge in [-0.3, -0.25) is 4.98 Å². The van der Waals surface area contributed by atoms with Gasteiger partial charge in [0.25, 0.3) is 0 Å². The fraction of sp³-hybridized carbons (Fsp3) is 0.643. The highest BCUT2D eigenvalue weighted by atomic mass is 32.2. The highest BCUT2D eigenvalue weighted by molar-refractivity contribution is 7.92. The highest BCUT2D eigenvalue weighted by Crippen LogP contribution is 2.42. The van der Waals surface area contributed by atoms with Gasteiger partial charge < -0.3 is 5.11 Å². The number of aliphatic hydroxyl groups is 1. The van der Waals surface area contributed by atoms with Crippen LogP contribution in [0.2, 0.25) is 0 Å². The summed E-state index contributed by atoms with van der Waals surface area (Å²) in [4.78, 5) is 4.05. The highest BCUT2D eigenvalue weighted by Gasteiger charge is 2.50. The Labute approximate surface area is 113 Å². The number of fused-ring (bicyclic) bond motifs is 2. The van der Waals surface area contributed by atoms with Gasteiger partial charge in [-0.25, -0.2) is 8.42 Å². The molecule has 2 aliphatic heterocycles. The zero-order chi connectivity index (χ0) is 13.5. The summed E-state index contributed by atoms with van der Waals surface area (Å²) in [5.41, 5.74) is 0.0896. The quantitative estimate of drug-likeness (QED) is 0.891. The number of sulfone groups is 1. The molecule has 0 radical (unpaired) electrons. The van der Waals surface area contributed by atoms with E-state index in [1.807, 2.05) is 12.1 Å². The summed E-state index contributed by atoms with van der Waals surface area (Å²) in [6.45, 7) is 0. The minimum Gasteiger partial charge on any atom is -0.389 e. The zero-order valence-electron chi connectivity index (χ0n) is 10.8. The Morgan fingerprint density at radius 1 is 1.32 bits per heavy atom. The SMILES string of the molecule is O=S1(=O)C2CCCC1CC(O)(Cc1cccnc1)C2. The number of hydrogen-bond acceptors (Lipinski definition) is 4. The number of aromatic nitrogens is 1. The average molecular weight is 281 g/mol. The van der Waals surface area contributed by atoms with Crippen molar-refractivity contribution >= 4 is 9.84 Å². The van der Waals surface area contributed by atoms with E-state index in [-0.39, 0.29) is 10.5 Å². The summed E-state index contributed by atoms with van der Waals surface area (Å²) in [6.07, 6.45) is 7.08. The van der Waals surface area contributed by atoms with Crippen molar-refractivity contribution in [3.63, 3.8) is 0 Å². The summed E-state index contributed by atoms with van der Waals surface area (Å²) >= 11 is 0. The molecular formula is C14H19NO3S. The normalized spacial score (nSPS) is 36.9. The van der Waals surface area contributed by atoms with Crippen molar-refractivity contribution in [2.45, 2.75) is 54.6 Å². The van der Waals surface area contributed by atoms with Gasteiger partial charge in [0.15, 0.2) is 9.84 Å². The molecule has 1 N–H and O–H groups in total. The molecule has 2 aliphatic rings. The Morgan fingerprint density at radius 3 is 2.58 bits per heavy atom. The molecular weight excluding hydrogens is 262 g/mol. The van der Waals surface area contributed by atoms with E-state index in [1.54, 1.807) is 12.4 Å². The third-order valence-electron chi connectivity index (χ3n) is 4.45. The van der Waals surface area contributed by atoms with Crippen molar-refractivity contribution in [2.24, 2.45) is 0 Å². The molecule has 3 heterocycles. The molecule has 19 heavy (non-hydrogen) atoms. The Morgan fingerprint density at radius 2 is 2.00 bits per heavy atom. The monoisotopic (exact) mass is 281 g/mol. The zero-order valence-corrected chi connectivity index (χ0v) is 11.6. The summed E-state index contributed by atoms with van der Waals surface area (Å²) in [6, 6.07) is 3.78. The van der Waals surface area contributed by atoms with E-state index in [0.717, 1.165) is 12.0 Å². The maximum atomic E-state index is 12.2. The first-order valence-corrected chi connectivity index (χ1v) is 8.45. The molecule has 2 bridgehead atoms. The van der Waals surface area contributed by atoms with E-state index in [2.05, 4.69) is 4.98 Å². The van der Waals surface area contributed by atoms with Gasteiger partial charge in [0.05, 0.1) is 16.1 Å². The Bertz CT molecular complexity index is 535. The molecule has 104 valence electrons. The van der Waals surface area contributed by atoms with Crippen molar-refractivity contribution in [3.8, 4) is 0 Å². The van der Waals surface area contributed by atoms with Crippen LogP contribution in [0, 0.1) is 0 Å². The van der Waals surface area contributed by atoms with E-state index in [1.165, 1.54) is 0 Å². The van der Waals surface area contributed by atoms with Crippen LogP contribution in [0.3, 0.4) is 0 Å². The lowest BCUT2D eigenvalue weighted by Gasteiger charge is -2.43. The molecule has 0 spiro atoms. The van der Waals surface area contributed by atoms with Crippen LogP contribution in [-0.4, -0.2) is 34.6 Å². The van der Waals surface area contributed by atoms with Gasteiger partial charge in [-0.05, 0) is 37.3 Å². The number of nitrogens with zero attached hydrogens (tertiary/aromatic N) is 1. The topological polar surface area (TPSA) is 67.3 Å². The van der Waals surface area contributed by atoms with Crippen LogP contribution in [-0.2, 0) is 16.3 Å². The smallest absolute Gasteiger partial charge is 0.156 e. The lowest BCUT2D eigenvalue weighted by Crippen LogP contribution is -2.52. The van der Waals surface area contributed by atoms with Crippen LogP contribution in [0.25, 0.3) is 0 Å². The van der Waals surface area contributed by atoms with Crippen molar-refractivity contribution in [3.05, 3.63) is 30.1 Å². The Kier molecular flexibility index (Phi) is 3.14. The van der Waals surface area contributed by atoms with Gasteiger partial charge >= 0.3 is 0 Å². The van der Waals surface area contributed by atoms with Crippen LogP contribution < -0.4 is 0 Å². The van der Waals surface area contributed by atoms with Crippen molar-refractivity contribution in [2.75, 3.05) is 0 Å². The minimum atomic E-state index is -3.00. The second-order valence-corrected chi connectivity index (χ2v) is 8.45. The Balaban J connectivity index is 1.83. The van der Waals surface area contributed by atoms with E-state index in [4.69, 9.17) is 0 Å². The third kappa shape index (κ3) is 2.41. The Hall–Kier alpha value is -0.940. The van der Waals surface area contributed by atoms with Gasteiger partial charge in [-0.1, -0.05) is 12.5 Å². The first-order chi connectivity index (χ1) is 9.00. The van der Waals surface area contributed by atoms with Gasteiger partial charge in [0.1, 0.15) is 0 Å². The molecule has 1 aromatic rings. The molecule has 2 unspecified atom stereocenters. The molecule has 4 nitrogen and oxygen atoms in total. The molecule has 0 saturated carbocycles. The van der Waals surface area contributed by atoms with E-state index in [9.17, 15) is 13.5 Å². The third-order valence-corrected chi connectivity index (χ3v) is 7.12. The predicted octanol–water partition coefficient (Wildman–Crippen LogP) is 1.48. The van der Waals surface area contributed by atoms with Crippen LogP contribution >= 0.6 is 0 Å². The average Bonchev–Trinajstić information content (AvgIpc) is 2.33. The van der Waals surface area contributed by atoms with Gasteiger partial charge in [0.2, 0.25) is 0 Å². The molecule has 2 atom stereocenters. The van der Waals surface area contributed by atoms with Crippen LogP contribution in [0.15, 0.2) is 24.5 Å². The van der Waals surface area contributed by atoms with Gasteiger partial charge in [-0.2, -0.15) is 0 Å². The van der Waals surface area contributed by atoms with Crippen molar-refractivity contribution in [1.82, 2.24) is 4.98 Å². The van der Waals surface area contributed by atoms with Crippen molar-refractivity contribution in [1.29, 1.82) is 0 Å². The van der Waals surface area contributed by atoms with E-state index < -0.39 is 15.4 Å². The minimum absolute atomic E-state index is 0.346. The van der Waals surface area contributed by atoms with Crippen LogP contribution in [0.1, 0.15) is 37.7 Å². The maximum Gasteiger partial charge on any atom is 0.156 e. The number of rotatable bonds is 2. The summed E-state index contributed by atoms with van der Waals surface area (Å²) in [7, 11) is -3.00. The first kappa shape index (κ1) is 13.1. The molecule has 3 rings (SSSR count). The second kappa shape index (κ2) is 4.56. The van der Waals surface area contributed by atoms with Gasteiger partial charge in [0, 0.05) is 18.8 Å². The molecule has 0 aromatic carbocycles. The van der Waals surface area contributed by atoms with Crippen LogP contribution in [0.5, 0.6) is 0 Å². The molecule has 1 aromatic heterocycles. The second-order valence-electron chi connectivity index (χ2n) is 5.93. The number of hydrogen-bond donors (Lipinski definition) is 1. The maximum absolute atomic E-state index is 12.2. The molecule has 0 aliphatic carbocycles. The molecule has 5 heteroatoms. The fourth-order valence-electron chi connectivity index (χ4n) is 3.57. The largest absolute Gasteiger partial charge is 0.389 e. The van der Waals surface area contributed by atoms with Crippen LogP contribution in [0.4, 0.5) is 0 Å². The predicted molar refractivity (Wildman–Crippen MR) is 72.5 cm³/mol. The van der Waals surface area contributed by atoms with Gasteiger partial charge in [-0.15, -0.1) is 0 Å². The first-order valence-electron chi connectivity index (χ1n) is 6.84. The molecule has 0 amide bonds. The summed E-state index contributed by atoms with van der Waals surface area (Å²) in [5.74, 6) is 0. The lowest BCUT2D eigenvalue weighted by molar-refractivity contribution is 0.00983. The summed E-state index contributed by atoms with van der Waals surface area (Å²) in [5, 5.41) is 10.1. The van der Waals surface area contributed by atoms with Crippen molar-refractivity contribution < 1.29 is 13.5 Å². The van der Waals surface area contributed by atoms with E-state index in [0.29, 0.717) is 32.1 Å². The summed E-state index contributed by atoms with van der Waals surface area (Å²) < 4.78 is 24.4. The fourth-order valence-corrected chi connectivity index (χ4v) is 6.19. The molecule has 2 saturated heterocycles. The lowest BCUT2D eigenvalue weighted by atomic mass is 9.81.